The molecule has 0 radical (unpaired) electrons. The molecule has 2 fully saturated rings. The summed E-state index contributed by atoms with van der Waals surface area (Å²) in [6.45, 7) is 1.85. The van der Waals surface area contributed by atoms with Gasteiger partial charge in [-0.25, -0.2) is 0 Å². The third kappa shape index (κ3) is 2.52. The second-order valence-corrected chi connectivity index (χ2v) is 5.71. The lowest BCUT2D eigenvalue weighted by molar-refractivity contribution is 0.410. The maximum Gasteiger partial charge on any atom is 0.258 e. The first kappa shape index (κ1) is 12.7. The van der Waals surface area contributed by atoms with Crippen LogP contribution in [0.5, 0.6) is 5.88 Å². The molecule has 3 N–H and O–H groups in total. The van der Waals surface area contributed by atoms with Gasteiger partial charge in [0.15, 0.2) is 0 Å². The van der Waals surface area contributed by atoms with E-state index in [2.05, 4.69) is 15.3 Å². The summed E-state index contributed by atoms with van der Waals surface area (Å²) in [6.07, 6.45) is 6.35. The van der Waals surface area contributed by atoms with Gasteiger partial charge in [-0.3, -0.25) is 4.79 Å². The SMILES string of the molecule is O=c1[nH]c(C2CCCNC2)nc(O)c1C1CCCC1. The molecule has 0 spiro atoms. The van der Waals surface area contributed by atoms with Crippen molar-refractivity contribution in [2.75, 3.05) is 13.1 Å². The molecule has 5 nitrogen and oxygen atoms in total. The van der Waals surface area contributed by atoms with Crippen LogP contribution < -0.4 is 10.9 Å². The molecule has 3 rings (SSSR count). The predicted molar refractivity (Wildman–Crippen MR) is 72.6 cm³/mol. The first-order valence-electron chi connectivity index (χ1n) is 7.29. The number of nitrogens with zero attached hydrogens (tertiary/aromatic N) is 1. The molecular formula is C14H21N3O2. The third-order valence-electron chi connectivity index (χ3n) is 4.40. The lowest BCUT2D eigenvalue weighted by atomic mass is 9.97. The van der Waals surface area contributed by atoms with Gasteiger partial charge in [0.2, 0.25) is 5.88 Å². The van der Waals surface area contributed by atoms with Gasteiger partial charge >= 0.3 is 0 Å². The molecular weight excluding hydrogens is 242 g/mol. The van der Waals surface area contributed by atoms with E-state index in [9.17, 15) is 9.90 Å². The van der Waals surface area contributed by atoms with E-state index >= 15 is 0 Å². The van der Waals surface area contributed by atoms with Gasteiger partial charge in [-0.1, -0.05) is 12.8 Å². The molecule has 1 saturated heterocycles. The van der Waals surface area contributed by atoms with Crippen LogP contribution in [0.2, 0.25) is 0 Å². The van der Waals surface area contributed by atoms with E-state index in [-0.39, 0.29) is 23.3 Å². The van der Waals surface area contributed by atoms with Crippen LogP contribution in [-0.2, 0) is 0 Å². The standard InChI is InChI=1S/C14H21N3O2/c18-13-11(9-4-1-2-5-9)14(19)17-12(16-13)10-6-3-7-15-8-10/h9-10,15H,1-8H2,(H2,16,17,18,19). The number of aromatic hydroxyl groups is 1. The fourth-order valence-electron chi connectivity index (χ4n) is 3.35. The summed E-state index contributed by atoms with van der Waals surface area (Å²) in [5, 5.41) is 13.4. The molecule has 0 bridgehead atoms. The van der Waals surface area contributed by atoms with E-state index in [0.717, 1.165) is 51.6 Å². The summed E-state index contributed by atoms with van der Waals surface area (Å²) >= 11 is 0. The molecule has 1 atom stereocenters. The largest absolute Gasteiger partial charge is 0.493 e. The van der Waals surface area contributed by atoms with Crippen LogP contribution in [0.25, 0.3) is 0 Å². The molecule has 1 saturated carbocycles. The molecule has 2 heterocycles. The van der Waals surface area contributed by atoms with Crippen molar-refractivity contribution < 1.29 is 5.11 Å². The van der Waals surface area contributed by atoms with E-state index in [1.807, 2.05) is 0 Å². The molecule has 1 unspecified atom stereocenters. The van der Waals surface area contributed by atoms with Crippen LogP contribution in [0.4, 0.5) is 0 Å². The molecule has 104 valence electrons. The molecule has 19 heavy (non-hydrogen) atoms. The number of aromatic amines is 1. The van der Waals surface area contributed by atoms with Crippen LogP contribution in [0, 0.1) is 0 Å². The monoisotopic (exact) mass is 263 g/mol. The number of hydrogen-bond acceptors (Lipinski definition) is 4. The Morgan fingerprint density at radius 2 is 1.84 bits per heavy atom. The zero-order valence-corrected chi connectivity index (χ0v) is 11.1. The van der Waals surface area contributed by atoms with Crippen molar-refractivity contribution in [1.29, 1.82) is 0 Å². The van der Waals surface area contributed by atoms with Gasteiger partial charge in [0.25, 0.3) is 5.56 Å². The van der Waals surface area contributed by atoms with Crippen molar-refractivity contribution >= 4 is 0 Å². The Hall–Kier alpha value is -1.36. The smallest absolute Gasteiger partial charge is 0.258 e. The van der Waals surface area contributed by atoms with E-state index in [1.54, 1.807) is 0 Å². The molecule has 1 aromatic rings. The van der Waals surface area contributed by atoms with E-state index in [0.29, 0.717) is 11.4 Å². The second kappa shape index (κ2) is 5.33. The normalized spacial score (nSPS) is 24.7. The number of piperidine rings is 1. The lowest BCUT2D eigenvalue weighted by Gasteiger charge is -2.22. The molecule has 0 amide bonds. The van der Waals surface area contributed by atoms with Gasteiger partial charge in [-0.15, -0.1) is 0 Å². The van der Waals surface area contributed by atoms with E-state index in [1.165, 1.54) is 0 Å². The average Bonchev–Trinajstić information content (AvgIpc) is 2.93. The number of rotatable bonds is 2. The van der Waals surface area contributed by atoms with Gasteiger partial charge in [0, 0.05) is 12.5 Å². The highest BCUT2D eigenvalue weighted by Gasteiger charge is 2.26. The number of hydrogen-bond donors (Lipinski definition) is 3. The Bertz CT molecular complexity index is 500. The van der Waals surface area contributed by atoms with Gasteiger partial charge in [-0.2, -0.15) is 4.98 Å². The minimum absolute atomic E-state index is 0.0452. The number of aromatic nitrogens is 2. The lowest BCUT2D eigenvalue weighted by Crippen LogP contribution is -2.31. The van der Waals surface area contributed by atoms with Crippen molar-refractivity contribution in [3.63, 3.8) is 0 Å². The Morgan fingerprint density at radius 3 is 2.47 bits per heavy atom. The number of nitrogens with one attached hydrogen (secondary N) is 2. The maximum atomic E-state index is 12.2. The van der Waals surface area contributed by atoms with Crippen LogP contribution in [0.1, 0.15) is 61.7 Å². The summed E-state index contributed by atoms with van der Waals surface area (Å²) in [5.74, 6) is 0.993. The van der Waals surface area contributed by atoms with Crippen molar-refractivity contribution in [1.82, 2.24) is 15.3 Å². The van der Waals surface area contributed by atoms with Gasteiger partial charge in [-0.05, 0) is 38.1 Å². The summed E-state index contributed by atoms with van der Waals surface area (Å²) in [6, 6.07) is 0. The third-order valence-corrected chi connectivity index (χ3v) is 4.40. The minimum Gasteiger partial charge on any atom is -0.493 e. The zero-order chi connectivity index (χ0) is 13.2. The summed E-state index contributed by atoms with van der Waals surface area (Å²) in [4.78, 5) is 19.4. The topological polar surface area (TPSA) is 78.0 Å². The Labute approximate surface area is 112 Å². The van der Waals surface area contributed by atoms with Gasteiger partial charge < -0.3 is 15.4 Å². The van der Waals surface area contributed by atoms with Crippen LogP contribution >= 0.6 is 0 Å². The Balaban J connectivity index is 1.90. The van der Waals surface area contributed by atoms with Gasteiger partial charge in [0.1, 0.15) is 5.82 Å². The highest BCUT2D eigenvalue weighted by Crippen LogP contribution is 2.35. The van der Waals surface area contributed by atoms with E-state index in [4.69, 9.17) is 0 Å². The van der Waals surface area contributed by atoms with Crippen LogP contribution in [0.15, 0.2) is 4.79 Å². The highest BCUT2D eigenvalue weighted by molar-refractivity contribution is 5.28. The fraction of sp³-hybridized carbons (Fsp3) is 0.714. The van der Waals surface area contributed by atoms with Crippen molar-refractivity contribution in [2.24, 2.45) is 0 Å². The molecule has 2 aliphatic rings. The Morgan fingerprint density at radius 1 is 1.11 bits per heavy atom. The minimum atomic E-state index is -0.139. The molecule has 1 aromatic heterocycles. The summed E-state index contributed by atoms with van der Waals surface area (Å²) in [7, 11) is 0. The first-order chi connectivity index (χ1) is 9.25. The Kier molecular flexibility index (Phi) is 3.55. The summed E-state index contributed by atoms with van der Waals surface area (Å²) in [5.41, 5.74) is 0.366. The summed E-state index contributed by atoms with van der Waals surface area (Å²) < 4.78 is 0. The predicted octanol–water partition coefficient (Wildman–Crippen LogP) is 1.60. The zero-order valence-electron chi connectivity index (χ0n) is 11.1. The van der Waals surface area contributed by atoms with Crippen molar-refractivity contribution in [2.45, 2.75) is 50.4 Å². The molecule has 1 aliphatic carbocycles. The molecule has 0 aromatic carbocycles. The number of H-pyrrole nitrogens is 1. The van der Waals surface area contributed by atoms with E-state index < -0.39 is 0 Å². The van der Waals surface area contributed by atoms with Crippen molar-refractivity contribution in [3.8, 4) is 5.88 Å². The molecule has 1 aliphatic heterocycles. The van der Waals surface area contributed by atoms with Crippen LogP contribution in [-0.4, -0.2) is 28.2 Å². The van der Waals surface area contributed by atoms with Crippen LogP contribution in [0.3, 0.4) is 0 Å². The van der Waals surface area contributed by atoms with Gasteiger partial charge in [0.05, 0.1) is 5.56 Å². The maximum absolute atomic E-state index is 12.2. The molecule has 5 heteroatoms. The average molecular weight is 263 g/mol. The highest BCUT2D eigenvalue weighted by atomic mass is 16.3. The quantitative estimate of drug-likeness (QED) is 0.757. The second-order valence-electron chi connectivity index (χ2n) is 5.71. The van der Waals surface area contributed by atoms with Crippen molar-refractivity contribution in [3.05, 3.63) is 21.7 Å². The first-order valence-corrected chi connectivity index (χ1v) is 7.29. The fourth-order valence-corrected chi connectivity index (χ4v) is 3.35.